The highest BCUT2D eigenvalue weighted by atomic mass is 32.2. The molecule has 0 aliphatic carbocycles. The molecule has 0 unspecified atom stereocenters. The number of rotatable bonds is 4. The first kappa shape index (κ1) is 14.0. The third-order valence-corrected chi connectivity index (χ3v) is 5.30. The second kappa shape index (κ2) is 5.08. The van der Waals surface area contributed by atoms with Gasteiger partial charge >= 0.3 is 0 Å². The van der Waals surface area contributed by atoms with Crippen LogP contribution in [0.2, 0.25) is 0 Å². The van der Waals surface area contributed by atoms with E-state index in [2.05, 4.69) is 15.2 Å². The van der Waals surface area contributed by atoms with Gasteiger partial charge in [0, 0.05) is 26.2 Å². The molecular weight excluding hydrogens is 292 g/mol. The van der Waals surface area contributed by atoms with E-state index in [1.807, 2.05) is 4.57 Å². The molecule has 2 N–H and O–H groups in total. The normalized spacial score (nSPS) is 14.6. The maximum Gasteiger partial charge on any atom is 0.244 e. The Bertz CT molecular complexity index is 753. The van der Waals surface area contributed by atoms with E-state index in [9.17, 15) is 8.42 Å². The molecule has 0 saturated heterocycles. The summed E-state index contributed by atoms with van der Waals surface area (Å²) in [5, 5.41) is 8.15. The summed E-state index contributed by atoms with van der Waals surface area (Å²) in [6.07, 6.45) is 3.18. The van der Waals surface area contributed by atoms with Crippen molar-refractivity contribution in [2.24, 2.45) is 0 Å². The van der Waals surface area contributed by atoms with E-state index in [4.69, 9.17) is 5.73 Å². The zero-order chi connectivity index (χ0) is 15.0. The van der Waals surface area contributed by atoms with Crippen molar-refractivity contribution < 1.29 is 8.42 Å². The molecule has 1 aliphatic rings. The van der Waals surface area contributed by atoms with Gasteiger partial charge in [0.1, 0.15) is 22.4 Å². The van der Waals surface area contributed by atoms with Crippen LogP contribution in [0.25, 0.3) is 0 Å². The molecule has 0 spiro atoms. The molecule has 0 saturated carbocycles. The maximum absolute atomic E-state index is 12.5. The van der Waals surface area contributed by atoms with Crippen LogP contribution in [-0.4, -0.2) is 39.5 Å². The molecule has 2 aromatic rings. The van der Waals surface area contributed by atoms with Crippen molar-refractivity contribution in [1.82, 2.24) is 24.1 Å². The third-order valence-electron chi connectivity index (χ3n) is 3.52. The lowest BCUT2D eigenvalue weighted by Gasteiger charge is -2.16. The second-order valence-corrected chi connectivity index (χ2v) is 7.01. The van der Waals surface area contributed by atoms with Crippen molar-refractivity contribution in [3.63, 3.8) is 0 Å². The predicted molar refractivity (Wildman–Crippen MR) is 75.6 cm³/mol. The Morgan fingerprint density at radius 1 is 1.38 bits per heavy atom. The van der Waals surface area contributed by atoms with Gasteiger partial charge in [-0.15, -0.1) is 10.2 Å². The molecule has 2 aromatic heterocycles. The average Bonchev–Trinajstić information content (AvgIpc) is 3.04. The summed E-state index contributed by atoms with van der Waals surface area (Å²) in [6.45, 7) is 1.02. The van der Waals surface area contributed by atoms with Gasteiger partial charge < -0.3 is 10.3 Å². The minimum absolute atomic E-state index is 0.111. The summed E-state index contributed by atoms with van der Waals surface area (Å²) in [7, 11) is -2.10. The molecule has 0 atom stereocenters. The summed E-state index contributed by atoms with van der Waals surface area (Å²) < 4.78 is 28.1. The average molecular weight is 308 g/mol. The number of aryl methyl sites for hydroxylation is 1. The molecule has 0 fully saturated rings. The van der Waals surface area contributed by atoms with E-state index in [1.54, 1.807) is 0 Å². The van der Waals surface area contributed by atoms with Gasteiger partial charge in [0.15, 0.2) is 0 Å². The first-order valence-corrected chi connectivity index (χ1v) is 8.01. The smallest absolute Gasteiger partial charge is 0.244 e. The lowest BCUT2D eigenvalue weighted by Crippen LogP contribution is -2.28. The molecule has 21 heavy (non-hydrogen) atoms. The molecule has 112 valence electrons. The van der Waals surface area contributed by atoms with Crippen LogP contribution in [0.1, 0.15) is 18.1 Å². The second-order valence-electron chi connectivity index (χ2n) is 4.97. The zero-order valence-electron chi connectivity index (χ0n) is 11.6. The predicted octanol–water partition coefficient (Wildman–Crippen LogP) is 0.0222. The zero-order valence-corrected chi connectivity index (χ0v) is 12.4. The minimum atomic E-state index is -3.62. The third kappa shape index (κ3) is 2.49. The summed E-state index contributed by atoms with van der Waals surface area (Å²) in [4.78, 5) is 3.93. The summed E-state index contributed by atoms with van der Waals surface area (Å²) in [5.74, 6) is 1.87. The highest BCUT2D eigenvalue weighted by Crippen LogP contribution is 2.19. The highest BCUT2D eigenvalue weighted by molar-refractivity contribution is 7.89. The van der Waals surface area contributed by atoms with Crippen molar-refractivity contribution in [3.8, 4) is 0 Å². The SMILES string of the molecule is CN(Cc1nnc2n1CCC2)S(=O)(=O)c1ccc(N)nc1. The molecule has 0 amide bonds. The Kier molecular flexibility index (Phi) is 3.38. The molecular formula is C12H16N6O2S. The molecule has 9 heteroatoms. The number of fused-ring (bicyclic) bond motifs is 1. The van der Waals surface area contributed by atoms with Crippen molar-refractivity contribution in [2.75, 3.05) is 12.8 Å². The number of sulfonamides is 1. The van der Waals surface area contributed by atoms with Crippen molar-refractivity contribution in [1.29, 1.82) is 0 Å². The number of anilines is 1. The largest absolute Gasteiger partial charge is 0.384 e. The van der Waals surface area contributed by atoms with E-state index < -0.39 is 10.0 Å². The summed E-state index contributed by atoms with van der Waals surface area (Å²) in [5.41, 5.74) is 5.48. The maximum atomic E-state index is 12.5. The van der Waals surface area contributed by atoms with E-state index in [0.29, 0.717) is 5.82 Å². The lowest BCUT2D eigenvalue weighted by molar-refractivity contribution is 0.446. The topological polar surface area (TPSA) is 107 Å². The van der Waals surface area contributed by atoms with Crippen LogP contribution in [0.15, 0.2) is 23.2 Å². The highest BCUT2D eigenvalue weighted by Gasteiger charge is 2.25. The molecule has 1 aliphatic heterocycles. The Labute approximate surface area is 122 Å². The summed E-state index contributed by atoms with van der Waals surface area (Å²) >= 11 is 0. The first-order valence-electron chi connectivity index (χ1n) is 6.57. The number of nitrogen functional groups attached to an aromatic ring is 1. The Morgan fingerprint density at radius 2 is 2.19 bits per heavy atom. The molecule has 8 nitrogen and oxygen atoms in total. The fraction of sp³-hybridized carbons (Fsp3) is 0.417. The fourth-order valence-corrected chi connectivity index (χ4v) is 3.41. The van der Waals surface area contributed by atoms with E-state index in [1.165, 1.54) is 29.7 Å². The number of aromatic nitrogens is 4. The number of pyridine rings is 1. The van der Waals surface area contributed by atoms with E-state index in [0.717, 1.165) is 25.2 Å². The van der Waals surface area contributed by atoms with Crippen LogP contribution in [0, 0.1) is 0 Å². The van der Waals surface area contributed by atoms with Gasteiger partial charge in [-0.1, -0.05) is 0 Å². The Hall–Kier alpha value is -2.00. The van der Waals surface area contributed by atoms with Gasteiger partial charge in [0.25, 0.3) is 0 Å². The van der Waals surface area contributed by atoms with Gasteiger partial charge in [-0.2, -0.15) is 4.31 Å². The van der Waals surface area contributed by atoms with Crippen LogP contribution >= 0.6 is 0 Å². The number of nitrogens with zero attached hydrogens (tertiary/aromatic N) is 5. The quantitative estimate of drug-likeness (QED) is 0.853. The van der Waals surface area contributed by atoms with E-state index >= 15 is 0 Å². The molecule has 3 heterocycles. The van der Waals surface area contributed by atoms with Gasteiger partial charge in [-0.25, -0.2) is 13.4 Å². The van der Waals surface area contributed by atoms with Gasteiger partial charge in [-0.3, -0.25) is 0 Å². The van der Waals surface area contributed by atoms with Crippen molar-refractivity contribution >= 4 is 15.8 Å². The fourth-order valence-electron chi connectivity index (χ4n) is 2.34. The number of nitrogens with two attached hydrogens (primary N) is 1. The van der Waals surface area contributed by atoms with E-state index in [-0.39, 0.29) is 17.3 Å². The van der Waals surface area contributed by atoms with Gasteiger partial charge in [-0.05, 0) is 18.6 Å². The Morgan fingerprint density at radius 3 is 2.90 bits per heavy atom. The van der Waals surface area contributed by atoms with Gasteiger partial charge in [0.05, 0.1) is 6.54 Å². The molecule has 0 bridgehead atoms. The minimum Gasteiger partial charge on any atom is -0.384 e. The Balaban J connectivity index is 1.84. The number of hydrogen-bond donors (Lipinski definition) is 1. The van der Waals surface area contributed by atoms with Crippen molar-refractivity contribution in [2.45, 2.75) is 30.8 Å². The molecule has 0 aromatic carbocycles. The van der Waals surface area contributed by atoms with Crippen LogP contribution in [-0.2, 0) is 29.5 Å². The number of hydrogen-bond acceptors (Lipinski definition) is 6. The first-order chi connectivity index (χ1) is 9.98. The van der Waals surface area contributed by atoms with Gasteiger partial charge in [0.2, 0.25) is 10.0 Å². The van der Waals surface area contributed by atoms with Crippen LogP contribution in [0.4, 0.5) is 5.82 Å². The van der Waals surface area contributed by atoms with Crippen LogP contribution in [0.3, 0.4) is 0 Å². The molecule has 0 radical (unpaired) electrons. The monoisotopic (exact) mass is 308 g/mol. The standard InChI is InChI=1S/C12H16N6O2S/c1-17(8-12-16-15-11-3-2-6-18(11)12)21(19,20)9-4-5-10(13)14-7-9/h4-5,7H,2-3,6,8H2,1H3,(H2,13,14). The summed E-state index contributed by atoms with van der Waals surface area (Å²) in [6, 6.07) is 2.91. The van der Waals surface area contributed by atoms with Crippen molar-refractivity contribution in [3.05, 3.63) is 30.0 Å². The van der Waals surface area contributed by atoms with Crippen LogP contribution in [0.5, 0.6) is 0 Å². The lowest BCUT2D eigenvalue weighted by atomic mass is 10.4. The molecule has 3 rings (SSSR count). The van der Waals surface area contributed by atoms with Crippen LogP contribution < -0.4 is 5.73 Å².